The number of methoxy groups -OCH3 is 2. The maximum atomic E-state index is 5.41. The molecule has 3 aromatic rings. The average molecular weight is 366 g/mol. The molecule has 7 heteroatoms. The summed E-state index contributed by atoms with van der Waals surface area (Å²) < 4.78 is 12.5. The topological polar surface area (TPSA) is 61.5 Å². The summed E-state index contributed by atoms with van der Waals surface area (Å²) in [7, 11) is 3.26. The van der Waals surface area contributed by atoms with E-state index in [2.05, 4.69) is 29.3 Å². The van der Waals surface area contributed by atoms with E-state index in [-0.39, 0.29) is 0 Å². The van der Waals surface area contributed by atoms with Gasteiger partial charge in [-0.3, -0.25) is 0 Å². The summed E-state index contributed by atoms with van der Waals surface area (Å²) in [5.74, 6) is 2.85. The number of aryl methyl sites for hydroxylation is 1. The Morgan fingerprint density at radius 1 is 0.962 bits per heavy atom. The first-order valence-corrected chi connectivity index (χ1v) is 9.13. The number of ether oxygens (including phenoxy) is 2. The quantitative estimate of drug-likeness (QED) is 0.706. The molecule has 0 amide bonds. The first kappa shape index (κ1) is 16.7. The fraction of sp³-hybridized carbons (Fsp3) is 0.211. The monoisotopic (exact) mass is 366 g/mol. The zero-order valence-corrected chi connectivity index (χ0v) is 15.6. The summed E-state index contributed by atoms with van der Waals surface area (Å²) in [6, 6.07) is 14.0. The van der Waals surface area contributed by atoms with Gasteiger partial charge < -0.3 is 9.47 Å². The lowest BCUT2D eigenvalue weighted by Gasteiger charge is -2.15. The van der Waals surface area contributed by atoms with Gasteiger partial charge >= 0.3 is 0 Å². The van der Waals surface area contributed by atoms with Crippen molar-refractivity contribution in [1.29, 1.82) is 0 Å². The summed E-state index contributed by atoms with van der Waals surface area (Å²) in [5, 5.41) is 14.2. The minimum Gasteiger partial charge on any atom is -0.493 e. The summed E-state index contributed by atoms with van der Waals surface area (Å²) in [6.07, 6.45) is 0. The normalized spacial score (nSPS) is 13.1. The number of hydrogen-bond donors (Lipinski definition) is 0. The van der Waals surface area contributed by atoms with Gasteiger partial charge in [0.25, 0.3) is 0 Å². The number of thioether (sulfide) groups is 1. The van der Waals surface area contributed by atoms with Crippen LogP contribution >= 0.6 is 11.8 Å². The minimum absolute atomic E-state index is 0.686. The van der Waals surface area contributed by atoms with Gasteiger partial charge in [-0.15, -0.1) is 10.2 Å². The van der Waals surface area contributed by atoms with Crippen LogP contribution in [0, 0.1) is 6.92 Å². The molecule has 0 radical (unpaired) electrons. The van der Waals surface area contributed by atoms with E-state index in [0.29, 0.717) is 11.5 Å². The molecule has 2 aromatic carbocycles. The second-order valence-electron chi connectivity index (χ2n) is 5.89. The van der Waals surface area contributed by atoms with Crippen LogP contribution in [0.25, 0.3) is 11.4 Å². The smallest absolute Gasteiger partial charge is 0.212 e. The summed E-state index contributed by atoms with van der Waals surface area (Å²) >= 11 is 1.62. The van der Waals surface area contributed by atoms with Crippen molar-refractivity contribution in [1.82, 2.24) is 14.9 Å². The second-order valence-corrected chi connectivity index (χ2v) is 6.84. The van der Waals surface area contributed by atoms with Crippen LogP contribution in [0.3, 0.4) is 0 Å². The van der Waals surface area contributed by atoms with Gasteiger partial charge in [-0.05, 0) is 31.2 Å². The van der Waals surface area contributed by atoms with Crippen molar-refractivity contribution in [2.45, 2.75) is 12.1 Å². The third-order valence-corrected chi connectivity index (χ3v) is 5.09. The Balaban J connectivity index is 1.77. The van der Waals surface area contributed by atoms with E-state index in [1.807, 2.05) is 35.0 Å². The van der Waals surface area contributed by atoms with Gasteiger partial charge in [0.15, 0.2) is 17.3 Å². The maximum absolute atomic E-state index is 5.41. The molecule has 6 nitrogen and oxygen atoms in total. The Kier molecular flexibility index (Phi) is 4.38. The van der Waals surface area contributed by atoms with Gasteiger partial charge in [-0.25, -0.2) is 0 Å². The van der Waals surface area contributed by atoms with Gasteiger partial charge in [0.1, 0.15) is 0 Å². The van der Waals surface area contributed by atoms with Crippen LogP contribution in [0.5, 0.6) is 11.5 Å². The molecule has 1 aliphatic heterocycles. The van der Waals surface area contributed by atoms with Crippen LogP contribution in [0.2, 0.25) is 0 Å². The lowest BCUT2D eigenvalue weighted by molar-refractivity contribution is 0.355. The number of rotatable bonds is 4. The third-order valence-electron chi connectivity index (χ3n) is 4.16. The fourth-order valence-corrected chi connectivity index (χ4v) is 3.69. The molecular weight excluding hydrogens is 348 g/mol. The molecule has 0 N–H and O–H groups in total. The minimum atomic E-state index is 0.686. The van der Waals surface area contributed by atoms with Crippen molar-refractivity contribution < 1.29 is 9.47 Å². The number of hydrogen-bond acceptors (Lipinski definition) is 6. The molecule has 26 heavy (non-hydrogen) atoms. The van der Waals surface area contributed by atoms with Gasteiger partial charge in [0.05, 0.1) is 19.9 Å². The highest BCUT2D eigenvalue weighted by Gasteiger charge is 2.21. The molecule has 1 aliphatic rings. The molecule has 0 saturated carbocycles. The van der Waals surface area contributed by atoms with E-state index in [1.54, 1.807) is 26.0 Å². The molecule has 0 unspecified atom stereocenters. The number of nitrogens with zero attached hydrogens (tertiary/aromatic N) is 4. The highest BCUT2D eigenvalue weighted by Crippen LogP contribution is 2.32. The van der Waals surface area contributed by atoms with E-state index in [4.69, 9.17) is 14.6 Å². The average Bonchev–Trinajstić information content (AvgIpc) is 3.10. The first-order chi connectivity index (χ1) is 12.7. The predicted octanol–water partition coefficient (Wildman–Crippen LogP) is 3.63. The number of aromatic nitrogens is 3. The van der Waals surface area contributed by atoms with E-state index >= 15 is 0 Å². The van der Waals surface area contributed by atoms with Crippen molar-refractivity contribution in [3.63, 3.8) is 0 Å². The lowest BCUT2D eigenvalue weighted by Crippen LogP contribution is -2.14. The highest BCUT2D eigenvalue weighted by atomic mass is 32.2. The molecule has 0 bridgehead atoms. The molecule has 2 heterocycles. The predicted molar refractivity (Wildman–Crippen MR) is 102 cm³/mol. The molecule has 0 fully saturated rings. The molecule has 1 aromatic heterocycles. The van der Waals surface area contributed by atoms with Crippen LogP contribution in [-0.4, -0.2) is 40.6 Å². The maximum Gasteiger partial charge on any atom is 0.212 e. The van der Waals surface area contributed by atoms with E-state index < -0.39 is 0 Å². The lowest BCUT2D eigenvalue weighted by atomic mass is 10.1. The largest absolute Gasteiger partial charge is 0.493 e. The van der Waals surface area contributed by atoms with Crippen LogP contribution in [-0.2, 0) is 0 Å². The first-order valence-electron chi connectivity index (χ1n) is 8.15. The van der Waals surface area contributed by atoms with Crippen LogP contribution in [0.1, 0.15) is 11.1 Å². The number of benzene rings is 2. The van der Waals surface area contributed by atoms with E-state index in [0.717, 1.165) is 33.6 Å². The third kappa shape index (κ3) is 2.94. The Bertz CT molecular complexity index is 997. The Morgan fingerprint density at radius 3 is 2.58 bits per heavy atom. The summed E-state index contributed by atoms with van der Waals surface area (Å²) in [5.41, 5.74) is 4.11. The SMILES string of the molecule is COc1ccc(C2=Nn3c(nnc3-c3cccc(C)c3)SC2)cc1OC. The summed E-state index contributed by atoms with van der Waals surface area (Å²) in [4.78, 5) is 0. The van der Waals surface area contributed by atoms with Crippen molar-refractivity contribution in [2.24, 2.45) is 5.10 Å². The van der Waals surface area contributed by atoms with E-state index in [1.165, 1.54) is 5.56 Å². The van der Waals surface area contributed by atoms with E-state index in [9.17, 15) is 0 Å². The van der Waals surface area contributed by atoms with Gasteiger partial charge in [0.2, 0.25) is 5.16 Å². The molecule has 132 valence electrons. The molecule has 0 spiro atoms. The van der Waals surface area contributed by atoms with Crippen molar-refractivity contribution in [3.8, 4) is 22.9 Å². The van der Waals surface area contributed by atoms with Gasteiger partial charge in [0, 0.05) is 16.9 Å². The van der Waals surface area contributed by atoms with Crippen molar-refractivity contribution in [2.75, 3.05) is 20.0 Å². The zero-order chi connectivity index (χ0) is 18.1. The molecule has 4 rings (SSSR count). The summed E-state index contributed by atoms with van der Waals surface area (Å²) in [6.45, 7) is 2.06. The van der Waals surface area contributed by atoms with Crippen LogP contribution < -0.4 is 9.47 Å². The van der Waals surface area contributed by atoms with Crippen LogP contribution in [0.4, 0.5) is 0 Å². The van der Waals surface area contributed by atoms with Gasteiger partial charge in [-0.1, -0.05) is 35.5 Å². The second kappa shape index (κ2) is 6.84. The molecule has 0 aliphatic carbocycles. The molecule has 0 saturated heterocycles. The molecule has 0 atom stereocenters. The van der Waals surface area contributed by atoms with Crippen molar-refractivity contribution in [3.05, 3.63) is 53.6 Å². The van der Waals surface area contributed by atoms with Crippen LogP contribution in [0.15, 0.2) is 52.7 Å². The Labute approximate surface area is 155 Å². The van der Waals surface area contributed by atoms with Crippen molar-refractivity contribution >= 4 is 17.5 Å². The zero-order valence-electron chi connectivity index (χ0n) is 14.8. The Morgan fingerprint density at radius 2 is 1.81 bits per heavy atom. The van der Waals surface area contributed by atoms with Gasteiger partial charge in [-0.2, -0.15) is 9.78 Å². The standard InChI is InChI=1S/C19H18N4O2S/c1-12-5-4-6-14(9-12)18-20-21-19-23(18)22-15(11-26-19)13-7-8-16(24-2)17(10-13)25-3/h4-10H,11H2,1-3H3. The highest BCUT2D eigenvalue weighted by molar-refractivity contribution is 7.99. The Hall–Kier alpha value is -2.80. The molecular formula is C19H18N4O2S. The number of fused-ring (bicyclic) bond motifs is 1. The fourth-order valence-electron chi connectivity index (χ4n) is 2.85.